The van der Waals surface area contributed by atoms with Crippen LogP contribution in [0.4, 0.5) is 0 Å². The summed E-state index contributed by atoms with van der Waals surface area (Å²) < 4.78 is 5.01. The molecule has 0 atom stereocenters. The second-order valence-corrected chi connectivity index (χ2v) is 1.88. The molecule has 0 aliphatic heterocycles. The Morgan fingerprint density at radius 2 is 2.00 bits per heavy atom. The van der Waals surface area contributed by atoms with Crippen LogP contribution in [-0.4, -0.2) is 33.1 Å². The summed E-state index contributed by atoms with van der Waals surface area (Å²) in [5.41, 5.74) is 0. The molecule has 11 heavy (non-hydrogen) atoms. The average molecular weight is 161 g/mol. The fraction of sp³-hybridized carbons (Fsp3) is 0.875. The van der Waals surface area contributed by atoms with Crippen LogP contribution in [0.3, 0.4) is 0 Å². The van der Waals surface area contributed by atoms with E-state index in [-0.39, 0.29) is 0 Å². The highest BCUT2D eigenvalue weighted by Crippen LogP contribution is 1.67. The molecule has 0 aromatic carbocycles. The Kier molecular flexibility index (Phi) is 19.6. The van der Waals surface area contributed by atoms with E-state index in [4.69, 9.17) is 4.74 Å². The molecule has 0 unspecified atom stereocenters. The topological polar surface area (TPSA) is 38.3 Å². The summed E-state index contributed by atoms with van der Waals surface area (Å²) in [4.78, 5) is 9.17. The monoisotopic (exact) mass is 161 g/mol. The maximum atomic E-state index is 9.17. The van der Waals surface area contributed by atoms with Gasteiger partial charge in [-0.2, -0.15) is 0 Å². The minimum atomic E-state index is 0.639. The summed E-state index contributed by atoms with van der Waals surface area (Å²) in [6.45, 7) is 6.41. The van der Waals surface area contributed by atoms with E-state index in [0.717, 1.165) is 26.0 Å². The van der Waals surface area contributed by atoms with Gasteiger partial charge in [0.2, 0.25) is 0 Å². The molecule has 0 bridgehead atoms. The van der Waals surface area contributed by atoms with Gasteiger partial charge in [0.15, 0.2) is 0 Å². The van der Waals surface area contributed by atoms with Crippen molar-refractivity contribution in [2.45, 2.75) is 20.3 Å². The normalized spacial score (nSPS) is 8.27. The smallest absolute Gasteiger partial charge is 0.119 e. The van der Waals surface area contributed by atoms with Gasteiger partial charge in [0.25, 0.3) is 0 Å². The van der Waals surface area contributed by atoms with Gasteiger partial charge in [-0.05, 0) is 14.0 Å². The largest absolute Gasteiger partial charge is 0.380 e. The lowest BCUT2D eigenvalue weighted by atomic mass is 10.6. The van der Waals surface area contributed by atoms with Crippen molar-refractivity contribution in [3.63, 3.8) is 0 Å². The summed E-state index contributed by atoms with van der Waals surface area (Å²) >= 11 is 0. The minimum Gasteiger partial charge on any atom is -0.380 e. The maximum Gasteiger partial charge on any atom is 0.119 e. The van der Waals surface area contributed by atoms with E-state index in [2.05, 4.69) is 5.32 Å². The Hall–Kier alpha value is -0.410. The van der Waals surface area contributed by atoms with Gasteiger partial charge in [-0.25, -0.2) is 0 Å². The van der Waals surface area contributed by atoms with Crippen molar-refractivity contribution in [3.8, 4) is 0 Å². The van der Waals surface area contributed by atoms with Gasteiger partial charge in [-0.3, -0.25) is 0 Å². The zero-order chi connectivity index (χ0) is 8.95. The number of hydrogen-bond acceptors (Lipinski definition) is 3. The first-order valence-corrected chi connectivity index (χ1v) is 3.99. The number of hydrogen-bond donors (Lipinski definition) is 1. The van der Waals surface area contributed by atoms with Crippen molar-refractivity contribution < 1.29 is 9.53 Å². The van der Waals surface area contributed by atoms with Crippen molar-refractivity contribution in [2.75, 3.05) is 26.8 Å². The van der Waals surface area contributed by atoms with Crippen LogP contribution in [0.2, 0.25) is 0 Å². The molecule has 0 aliphatic carbocycles. The van der Waals surface area contributed by atoms with Gasteiger partial charge >= 0.3 is 0 Å². The zero-order valence-electron chi connectivity index (χ0n) is 7.72. The predicted molar refractivity (Wildman–Crippen MR) is 46.8 cm³/mol. The summed E-state index contributed by atoms with van der Waals surface area (Å²) in [6.07, 6.45) is 1.51. The number of nitrogens with one attached hydrogen (secondary N) is 1. The van der Waals surface area contributed by atoms with Gasteiger partial charge in [0, 0.05) is 19.6 Å². The third-order valence-electron chi connectivity index (χ3n) is 0.867. The molecule has 0 fully saturated rings. The number of ether oxygens (including phenoxy) is 1. The molecule has 0 rings (SSSR count). The summed E-state index contributed by atoms with van der Waals surface area (Å²) in [5.74, 6) is 0. The van der Waals surface area contributed by atoms with Crippen LogP contribution in [0.1, 0.15) is 20.3 Å². The van der Waals surface area contributed by atoms with Gasteiger partial charge in [0.1, 0.15) is 6.29 Å². The summed E-state index contributed by atoms with van der Waals surface area (Å²) in [6, 6.07) is 0. The Balaban J connectivity index is 0. The minimum absolute atomic E-state index is 0.639. The molecule has 0 heterocycles. The first kappa shape index (κ1) is 13.2. The number of rotatable bonds is 5. The zero-order valence-corrected chi connectivity index (χ0v) is 7.72. The first-order chi connectivity index (χ1) is 5.33. The highest BCUT2D eigenvalue weighted by atomic mass is 16.5. The molecule has 0 aromatic heterocycles. The lowest BCUT2D eigenvalue weighted by molar-refractivity contribution is -0.107. The van der Waals surface area contributed by atoms with E-state index in [1.165, 1.54) is 0 Å². The molecule has 0 aliphatic rings. The van der Waals surface area contributed by atoms with Crippen LogP contribution >= 0.6 is 0 Å². The number of likely N-dealkylation sites (N-methyl/N-ethyl adjacent to an activating group) is 1. The second-order valence-electron chi connectivity index (χ2n) is 1.88. The standard InChI is InChI=1S/C5H13NO.C3H6O/c1-3-7-5-4-6-2;1-2-3-4/h6H,3-5H2,1-2H3;3H,2H2,1H3. The Morgan fingerprint density at radius 1 is 1.45 bits per heavy atom. The summed E-state index contributed by atoms with van der Waals surface area (Å²) in [7, 11) is 1.92. The molecule has 68 valence electrons. The number of carbonyl (C=O) groups excluding carboxylic acids is 1. The molecular formula is C8H19NO2. The van der Waals surface area contributed by atoms with Crippen LogP contribution in [0.25, 0.3) is 0 Å². The SMILES string of the molecule is CCC=O.CCOCCNC. The lowest BCUT2D eigenvalue weighted by Gasteiger charge is -1.96. The fourth-order valence-electron chi connectivity index (χ4n) is 0.319. The van der Waals surface area contributed by atoms with E-state index < -0.39 is 0 Å². The highest BCUT2D eigenvalue weighted by Gasteiger charge is 1.77. The average Bonchev–Trinajstić information content (AvgIpc) is 2.06. The molecule has 0 aromatic rings. The number of aldehydes is 1. The first-order valence-electron chi connectivity index (χ1n) is 3.99. The van der Waals surface area contributed by atoms with Crippen molar-refractivity contribution >= 4 is 6.29 Å². The van der Waals surface area contributed by atoms with Gasteiger partial charge in [-0.15, -0.1) is 0 Å². The molecule has 3 heteroatoms. The highest BCUT2D eigenvalue weighted by molar-refractivity contribution is 5.48. The van der Waals surface area contributed by atoms with Crippen molar-refractivity contribution in [2.24, 2.45) is 0 Å². The molecular weight excluding hydrogens is 142 g/mol. The van der Waals surface area contributed by atoms with Crippen LogP contribution < -0.4 is 5.32 Å². The molecule has 1 N–H and O–H groups in total. The van der Waals surface area contributed by atoms with Gasteiger partial charge in [-0.1, -0.05) is 6.92 Å². The quantitative estimate of drug-likeness (QED) is 0.479. The Labute approximate surface area is 69.1 Å². The third-order valence-corrected chi connectivity index (χ3v) is 0.867. The number of carbonyl (C=O) groups is 1. The molecule has 3 nitrogen and oxygen atoms in total. The van der Waals surface area contributed by atoms with Gasteiger partial charge < -0.3 is 14.8 Å². The van der Waals surface area contributed by atoms with E-state index >= 15 is 0 Å². The van der Waals surface area contributed by atoms with Crippen LogP contribution in [-0.2, 0) is 9.53 Å². The molecule has 0 spiro atoms. The molecule has 0 amide bonds. The van der Waals surface area contributed by atoms with Crippen molar-refractivity contribution in [1.82, 2.24) is 5.32 Å². The van der Waals surface area contributed by atoms with Crippen molar-refractivity contribution in [1.29, 1.82) is 0 Å². The van der Waals surface area contributed by atoms with Crippen molar-refractivity contribution in [3.05, 3.63) is 0 Å². The second kappa shape index (κ2) is 16.3. The Morgan fingerprint density at radius 3 is 2.27 bits per heavy atom. The van der Waals surface area contributed by atoms with E-state index in [1.54, 1.807) is 0 Å². The Bertz CT molecular complexity index is 63.1. The van der Waals surface area contributed by atoms with Crippen LogP contribution in [0.5, 0.6) is 0 Å². The van der Waals surface area contributed by atoms with Gasteiger partial charge in [0.05, 0.1) is 6.61 Å². The third kappa shape index (κ3) is 26.2. The van der Waals surface area contributed by atoms with Crippen LogP contribution in [0, 0.1) is 0 Å². The fourth-order valence-corrected chi connectivity index (χ4v) is 0.319. The van der Waals surface area contributed by atoms with E-state index in [9.17, 15) is 4.79 Å². The molecule has 0 saturated heterocycles. The predicted octanol–water partition coefficient (Wildman–Crippen LogP) is 0.838. The lowest BCUT2D eigenvalue weighted by Crippen LogP contribution is -2.13. The van der Waals surface area contributed by atoms with Crippen LogP contribution in [0.15, 0.2) is 0 Å². The molecule has 0 radical (unpaired) electrons. The van der Waals surface area contributed by atoms with E-state index in [1.807, 2.05) is 20.9 Å². The molecule has 0 saturated carbocycles. The summed E-state index contributed by atoms with van der Waals surface area (Å²) in [5, 5.41) is 2.98. The van der Waals surface area contributed by atoms with E-state index in [0.29, 0.717) is 6.42 Å². The maximum absolute atomic E-state index is 9.17.